The molecular weight excluding hydrogens is 480 g/mol. The highest BCUT2D eigenvalue weighted by atomic mass is 16.6. The van der Waals surface area contributed by atoms with Gasteiger partial charge in [0.05, 0.1) is 6.61 Å². The van der Waals surface area contributed by atoms with Crippen LogP contribution in [-0.4, -0.2) is 61.7 Å². The number of hydrogen-bond acceptors (Lipinski definition) is 6. The average Bonchev–Trinajstić information content (AvgIpc) is 3.35. The molecule has 0 aliphatic carbocycles. The quantitative estimate of drug-likeness (QED) is 0.449. The second-order valence-electron chi connectivity index (χ2n) is 10.9. The maximum atomic E-state index is 13.5. The molecular formula is C30H38N4O4. The Morgan fingerprint density at radius 1 is 1.03 bits per heavy atom. The van der Waals surface area contributed by atoms with E-state index in [-0.39, 0.29) is 29.2 Å². The number of oxazole rings is 1. The molecule has 2 heterocycles. The molecule has 1 saturated heterocycles. The molecule has 8 heteroatoms. The lowest BCUT2D eigenvalue weighted by Crippen LogP contribution is -2.46. The van der Waals surface area contributed by atoms with Crippen LogP contribution in [0.15, 0.2) is 52.9 Å². The molecule has 1 N–H and O–H groups in total. The van der Waals surface area contributed by atoms with Crippen molar-refractivity contribution in [3.63, 3.8) is 0 Å². The summed E-state index contributed by atoms with van der Waals surface area (Å²) in [5, 5.41) is 3.11. The summed E-state index contributed by atoms with van der Waals surface area (Å²) in [5.74, 6) is 0.554. The number of carbonyl (C=O) groups excluding carboxylic acids is 2. The summed E-state index contributed by atoms with van der Waals surface area (Å²) in [7, 11) is 3.96. The summed E-state index contributed by atoms with van der Waals surface area (Å²) < 4.78 is 11.3. The third-order valence-corrected chi connectivity index (χ3v) is 6.84. The van der Waals surface area contributed by atoms with E-state index in [1.807, 2.05) is 55.4 Å². The van der Waals surface area contributed by atoms with Crippen LogP contribution in [0.2, 0.25) is 0 Å². The van der Waals surface area contributed by atoms with E-state index in [0.29, 0.717) is 44.2 Å². The van der Waals surface area contributed by atoms with Gasteiger partial charge in [-0.25, -0.2) is 9.78 Å². The number of hydrogen-bond donors (Lipinski definition) is 1. The van der Waals surface area contributed by atoms with E-state index in [0.717, 1.165) is 16.8 Å². The van der Waals surface area contributed by atoms with Crippen molar-refractivity contribution in [2.75, 3.05) is 38.7 Å². The molecule has 38 heavy (non-hydrogen) atoms. The first-order chi connectivity index (χ1) is 18.1. The number of aromatic nitrogens is 1. The van der Waals surface area contributed by atoms with Crippen LogP contribution < -0.4 is 10.2 Å². The minimum Gasteiger partial charge on any atom is -0.450 e. The summed E-state index contributed by atoms with van der Waals surface area (Å²) in [6.07, 6.45) is 0.992. The minimum atomic E-state index is -0.306. The molecule has 1 aliphatic heterocycles. The number of amides is 2. The van der Waals surface area contributed by atoms with Gasteiger partial charge in [0.1, 0.15) is 0 Å². The number of ether oxygens (including phenoxy) is 1. The minimum absolute atomic E-state index is 0.0301. The van der Waals surface area contributed by atoms with Crippen LogP contribution in [0.4, 0.5) is 10.5 Å². The number of nitrogens with zero attached hydrogens (tertiary/aromatic N) is 3. The zero-order valence-corrected chi connectivity index (χ0v) is 23.2. The van der Waals surface area contributed by atoms with Gasteiger partial charge in [-0.15, -0.1) is 0 Å². The highest BCUT2D eigenvalue weighted by Gasteiger charge is 2.28. The van der Waals surface area contributed by atoms with Gasteiger partial charge in [-0.2, -0.15) is 0 Å². The van der Waals surface area contributed by atoms with Gasteiger partial charge in [-0.1, -0.05) is 32.9 Å². The van der Waals surface area contributed by atoms with Gasteiger partial charge in [0.15, 0.2) is 11.5 Å². The largest absolute Gasteiger partial charge is 0.450 e. The SMILES string of the molecule is CCOC(=O)N1CCC(NC(=O)c2nc(-c3ccc(C(C)(C)C)cc3)oc2-c2ccc(N(C)C)cc2)CC1. The number of likely N-dealkylation sites (tertiary alicyclic amines) is 1. The number of carbonyl (C=O) groups is 2. The summed E-state index contributed by atoms with van der Waals surface area (Å²) in [6, 6.07) is 15.9. The smallest absolute Gasteiger partial charge is 0.409 e. The molecule has 3 aromatic rings. The second-order valence-corrected chi connectivity index (χ2v) is 10.9. The van der Waals surface area contributed by atoms with Crippen LogP contribution in [0.1, 0.15) is 56.6 Å². The van der Waals surface area contributed by atoms with Gasteiger partial charge >= 0.3 is 6.09 Å². The molecule has 2 amide bonds. The van der Waals surface area contributed by atoms with E-state index in [1.54, 1.807) is 11.8 Å². The summed E-state index contributed by atoms with van der Waals surface area (Å²) >= 11 is 0. The van der Waals surface area contributed by atoms with Gasteiger partial charge in [0.25, 0.3) is 5.91 Å². The number of anilines is 1. The topological polar surface area (TPSA) is 87.9 Å². The molecule has 0 saturated carbocycles. The zero-order chi connectivity index (χ0) is 27.4. The first-order valence-corrected chi connectivity index (χ1v) is 13.2. The number of benzene rings is 2. The molecule has 4 rings (SSSR count). The van der Waals surface area contributed by atoms with Crippen LogP contribution in [0.5, 0.6) is 0 Å². The Bertz CT molecular complexity index is 1250. The van der Waals surface area contributed by atoms with Crippen molar-refractivity contribution in [1.29, 1.82) is 0 Å². The number of piperidine rings is 1. The van der Waals surface area contributed by atoms with E-state index in [9.17, 15) is 9.59 Å². The van der Waals surface area contributed by atoms with Crippen LogP contribution in [0.3, 0.4) is 0 Å². The molecule has 0 unspecified atom stereocenters. The monoisotopic (exact) mass is 518 g/mol. The fourth-order valence-corrected chi connectivity index (χ4v) is 4.49. The number of rotatable bonds is 6. The predicted molar refractivity (Wildman–Crippen MR) is 149 cm³/mol. The molecule has 0 spiro atoms. The molecule has 1 aliphatic rings. The predicted octanol–water partition coefficient (Wildman–Crippen LogP) is 5.72. The van der Waals surface area contributed by atoms with Crippen molar-refractivity contribution in [3.8, 4) is 22.8 Å². The van der Waals surface area contributed by atoms with E-state index in [2.05, 4.69) is 43.2 Å². The van der Waals surface area contributed by atoms with Gasteiger partial charge in [-0.3, -0.25) is 4.79 Å². The van der Waals surface area contributed by atoms with Crippen molar-refractivity contribution >= 4 is 17.7 Å². The second kappa shape index (κ2) is 11.3. The fourth-order valence-electron chi connectivity index (χ4n) is 4.49. The normalized spacial score (nSPS) is 14.3. The number of nitrogens with one attached hydrogen (secondary N) is 1. The van der Waals surface area contributed by atoms with Crippen molar-refractivity contribution in [1.82, 2.24) is 15.2 Å². The van der Waals surface area contributed by atoms with Gasteiger partial charge in [-0.05, 0) is 67.1 Å². The third-order valence-electron chi connectivity index (χ3n) is 6.84. The Morgan fingerprint density at radius 2 is 1.63 bits per heavy atom. The summed E-state index contributed by atoms with van der Waals surface area (Å²) in [6.45, 7) is 9.72. The fraction of sp³-hybridized carbons (Fsp3) is 0.433. The Kier molecular flexibility index (Phi) is 8.09. The first-order valence-electron chi connectivity index (χ1n) is 13.2. The maximum absolute atomic E-state index is 13.5. The van der Waals surface area contributed by atoms with E-state index < -0.39 is 0 Å². The highest BCUT2D eigenvalue weighted by Crippen LogP contribution is 2.32. The van der Waals surface area contributed by atoms with E-state index in [4.69, 9.17) is 9.15 Å². The van der Waals surface area contributed by atoms with E-state index in [1.165, 1.54) is 5.56 Å². The van der Waals surface area contributed by atoms with Crippen molar-refractivity contribution in [2.45, 2.75) is 52.0 Å². The highest BCUT2D eigenvalue weighted by molar-refractivity contribution is 5.98. The maximum Gasteiger partial charge on any atom is 0.409 e. The Labute approximate surface area is 225 Å². The average molecular weight is 519 g/mol. The zero-order valence-electron chi connectivity index (χ0n) is 23.2. The van der Waals surface area contributed by atoms with Crippen LogP contribution in [-0.2, 0) is 10.2 Å². The first kappa shape index (κ1) is 27.2. The lowest BCUT2D eigenvalue weighted by molar-refractivity contribution is 0.0857. The molecule has 2 aromatic carbocycles. The molecule has 0 bridgehead atoms. The standard InChI is InChI=1S/C30H38N4O4/c1-7-37-29(36)34-18-16-23(17-19-34)31-27(35)25-26(20-10-14-24(15-11-20)33(5)6)38-28(32-25)21-8-12-22(13-9-21)30(2,3)4/h8-15,23H,7,16-19H2,1-6H3,(H,31,35). The molecule has 0 atom stereocenters. The van der Waals surface area contributed by atoms with Crippen molar-refractivity contribution < 1.29 is 18.7 Å². The van der Waals surface area contributed by atoms with Crippen LogP contribution >= 0.6 is 0 Å². The Hall–Kier alpha value is -3.81. The third kappa shape index (κ3) is 6.18. The van der Waals surface area contributed by atoms with Crippen molar-refractivity contribution in [2.24, 2.45) is 0 Å². The summed E-state index contributed by atoms with van der Waals surface area (Å²) in [5.41, 5.74) is 4.13. The molecule has 8 nitrogen and oxygen atoms in total. The Balaban J connectivity index is 1.59. The lowest BCUT2D eigenvalue weighted by Gasteiger charge is -2.31. The van der Waals surface area contributed by atoms with Crippen molar-refractivity contribution in [3.05, 3.63) is 59.8 Å². The molecule has 1 aromatic heterocycles. The van der Waals surface area contributed by atoms with Crippen LogP contribution in [0, 0.1) is 0 Å². The van der Waals surface area contributed by atoms with Crippen LogP contribution in [0.25, 0.3) is 22.8 Å². The van der Waals surface area contributed by atoms with Gasteiger partial charge < -0.3 is 24.3 Å². The molecule has 0 radical (unpaired) electrons. The van der Waals surface area contributed by atoms with E-state index >= 15 is 0 Å². The Morgan fingerprint density at radius 3 is 2.18 bits per heavy atom. The molecule has 1 fully saturated rings. The van der Waals surface area contributed by atoms with Gasteiger partial charge in [0, 0.05) is 50.0 Å². The molecule has 202 valence electrons. The van der Waals surface area contributed by atoms with Gasteiger partial charge in [0.2, 0.25) is 5.89 Å². The lowest BCUT2D eigenvalue weighted by atomic mass is 9.87. The summed E-state index contributed by atoms with van der Waals surface area (Å²) in [4.78, 5) is 33.9.